The van der Waals surface area contributed by atoms with Crippen molar-refractivity contribution in [3.63, 3.8) is 0 Å². The standard InChI is InChI=1S/C8H14N2O2.ClH/c1-7(2)8(3-4-9-5-8)12-6(11)10-7;/h9H,3-5H2,1-2H3,(H,10,11);1H. The summed E-state index contributed by atoms with van der Waals surface area (Å²) in [6.45, 7) is 5.70. The maximum atomic E-state index is 11.1. The fourth-order valence-corrected chi connectivity index (χ4v) is 1.99. The summed E-state index contributed by atoms with van der Waals surface area (Å²) in [4.78, 5) is 11.1. The van der Waals surface area contributed by atoms with Crippen LogP contribution in [0.5, 0.6) is 0 Å². The summed E-state index contributed by atoms with van der Waals surface area (Å²) in [5, 5.41) is 6.04. The van der Waals surface area contributed by atoms with Crippen molar-refractivity contribution in [1.82, 2.24) is 10.6 Å². The van der Waals surface area contributed by atoms with Gasteiger partial charge >= 0.3 is 6.09 Å². The van der Waals surface area contributed by atoms with Gasteiger partial charge in [0.1, 0.15) is 5.60 Å². The summed E-state index contributed by atoms with van der Waals surface area (Å²) in [6.07, 6.45) is 0.613. The molecule has 0 aromatic heterocycles. The lowest BCUT2D eigenvalue weighted by Gasteiger charge is -2.33. The monoisotopic (exact) mass is 206 g/mol. The molecule has 5 heteroatoms. The molecule has 2 heterocycles. The van der Waals surface area contributed by atoms with E-state index in [1.807, 2.05) is 13.8 Å². The molecule has 0 bridgehead atoms. The average Bonchev–Trinajstić information content (AvgIpc) is 2.42. The van der Waals surface area contributed by atoms with Crippen molar-refractivity contribution in [2.24, 2.45) is 0 Å². The third-order valence-corrected chi connectivity index (χ3v) is 2.96. The Morgan fingerprint density at radius 3 is 2.54 bits per heavy atom. The highest BCUT2D eigenvalue weighted by molar-refractivity contribution is 5.85. The molecule has 1 spiro atoms. The van der Waals surface area contributed by atoms with Gasteiger partial charge in [0.2, 0.25) is 0 Å². The van der Waals surface area contributed by atoms with Crippen LogP contribution in [0.1, 0.15) is 20.3 Å². The topological polar surface area (TPSA) is 50.4 Å². The van der Waals surface area contributed by atoms with E-state index in [2.05, 4.69) is 10.6 Å². The molecule has 2 aliphatic heterocycles. The molecule has 0 aromatic rings. The summed E-state index contributed by atoms with van der Waals surface area (Å²) < 4.78 is 5.31. The molecule has 2 saturated heterocycles. The predicted octanol–water partition coefficient (Wildman–Crippen LogP) is 0.659. The maximum absolute atomic E-state index is 11.1. The van der Waals surface area contributed by atoms with Crippen molar-refractivity contribution in [1.29, 1.82) is 0 Å². The van der Waals surface area contributed by atoms with Crippen molar-refractivity contribution >= 4 is 18.5 Å². The van der Waals surface area contributed by atoms with Crippen LogP contribution in [0.3, 0.4) is 0 Å². The van der Waals surface area contributed by atoms with Crippen molar-refractivity contribution in [2.75, 3.05) is 13.1 Å². The number of amides is 1. The fraction of sp³-hybridized carbons (Fsp3) is 0.875. The van der Waals surface area contributed by atoms with E-state index in [9.17, 15) is 4.79 Å². The third kappa shape index (κ3) is 1.38. The first-order valence-electron chi connectivity index (χ1n) is 4.28. The quantitative estimate of drug-likeness (QED) is 0.612. The summed E-state index contributed by atoms with van der Waals surface area (Å²) in [7, 11) is 0. The second-order valence-electron chi connectivity index (χ2n) is 4.06. The van der Waals surface area contributed by atoms with Gasteiger partial charge in [0.15, 0.2) is 0 Å². The lowest BCUT2D eigenvalue weighted by atomic mass is 9.83. The normalized spacial score (nSPS) is 35.4. The molecule has 2 fully saturated rings. The molecule has 2 aliphatic rings. The first-order valence-corrected chi connectivity index (χ1v) is 4.28. The van der Waals surface area contributed by atoms with Crippen LogP contribution in [-0.2, 0) is 4.74 Å². The summed E-state index contributed by atoms with van der Waals surface area (Å²) in [5.74, 6) is 0. The van der Waals surface area contributed by atoms with Gasteiger partial charge in [-0.1, -0.05) is 0 Å². The van der Waals surface area contributed by atoms with Gasteiger partial charge in [-0.25, -0.2) is 4.79 Å². The Morgan fingerprint density at radius 1 is 1.46 bits per heavy atom. The van der Waals surface area contributed by atoms with E-state index >= 15 is 0 Å². The highest BCUT2D eigenvalue weighted by Gasteiger charge is 2.56. The zero-order valence-electron chi connectivity index (χ0n) is 7.85. The van der Waals surface area contributed by atoms with E-state index in [1.54, 1.807) is 0 Å². The van der Waals surface area contributed by atoms with Crippen LogP contribution in [-0.4, -0.2) is 30.3 Å². The molecule has 76 valence electrons. The highest BCUT2D eigenvalue weighted by atomic mass is 35.5. The summed E-state index contributed by atoms with van der Waals surface area (Å²) in [6, 6.07) is 0. The van der Waals surface area contributed by atoms with Gasteiger partial charge in [0.25, 0.3) is 0 Å². The molecule has 0 aromatic carbocycles. The summed E-state index contributed by atoms with van der Waals surface area (Å²) >= 11 is 0. The molecule has 2 rings (SSSR count). The molecule has 0 saturated carbocycles. The Morgan fingerprint density at radius 2 is 2.15 bits per heavy atom. The molecular weight excluding hydrogens is 192 g/mol. The minimum Gasteiger partial charge on any atom is -0.439 e. The average molecular weight is 207 g/mol. The second-order valence-corrected chi connectivity index (χ2v) is 4.06. The number of halogens is 1. The predicted molar refractivity (Wildman–Crippen MR) is 51.2 cm³/mol. The van der Waals surface area contributed by atoms with Crippen molar-refractivity contribution in [3.05, 3.63) is 0 Å². The van der Waals surface area contributed by atoms with Gasteiger partial charge in [-0.3, -0.25) is 0 Å². The van der Waals surface area contributed by atoms with E-state index in [1.165, 1.54) is 0 Å². The Hall–Kier alpha value is -0.480. The van der Waals surface area contributed by atoms with E-state index in [0.29, 0.717) is 0 Å². The first kappa shape index (κ1) is 10.6. The van der Waals surface area contributed by atoms with E-state index in [4.69, 9.17) is 4.74 Å². The number of rotatable bonds is 0. The number of hydrogen-bond acceptors (Lipinski definition) is 3. The number of hydrogen-bond donors (Lipinski definition) is 2. The van der Waals surface area contributed by atoms with Crippen LogP contribution < -0.4 is 10.6 Å². The number of carbonyl (C=O) groups excluding carboxylic acids is 1. The van der Waals surface area contributed by atoms with E-state index in [0.717, 1.165) is 19.5 Å². The van der Waals surface area contributed by atoms with Crippen LogP contribution in [0.2, 0.25) is 0 Å². The molecule has 2 N–H and O–H groups in total. The van der Waals surface area contributed by atoms with E-state index < -0.39 is 0 Å². The Balaban J connectivity index is 0.000000845. The van der Waals surface area contributed by atoms with Crippen molar-refractivity contribution in [3.8, 4) is 0 Å². The first-order chi connectivity index (χ1) is 5.56. The molecule has 0 radical (unpaired) electrons. The van der Waals surface area contributed by atoms with Crippen LogP contribution in [0.4, 0.5) is 4.79 Å². The highest BCUT2D eigenvalue weighted by Crippen LogP contribution is 2.36. The lowest BCUT2D eigenvalue weighted by molar-refractivity contribution is 0.0289. The second kappa shape index (κ2) is 3.03. The largest absolute Gasteiger partial charge is 0.439 e. The van der Waals surface area contributed by atoms with Crippen LogP contribution >= 0.6 is 12.4 Å². The third-order valence-electron chi connectivity index (χ3n) is 2.96. The summed E-state index contributed by atoms with van der Waals surface area (Å²) in [5.41, 5.74) is -0.558. The number of alkyl carbamates (subject to hydrolysis) is 1. The Bertz CT molecular complexity index is 224. The van der Waals surface area contributed by atoms with Crippen molar-refractivity contribution in [2.45, 2.75) is 31.4 Å². The van der Waals surface area contributed by atoms with Gasteiger partial charge in [-0.2, -0.15) is 0 Å². The Labute approximate surface area is 83.8 Å². The molecule has 13 heavy (non-hydrogen) atoms. The van der Waals surface area contributed by atoms with Gasteiger partial charge in [-0.05, 0) is 20.4 Å². The fourth-order valence-electron chi connectivity index (χ4n) is 1.99. The lowest BCUT2D eigenvalue weighted by Crippen LogP contribution is -2.53. The minimum absolute atomic E-state index is 0. The van der Waals surface area contributed by atoms with Gasteiger partial charge < -0.3 is 15.4 Å². The van der Waals surface area contributed by atoms with Crippen molar-refractivity contribution < 1.29 is 9.53 Å². The molecule has 1 amide bonds. The minimum atomic E-state index is -0.315. The molecule has 1 unspecified atom stereocenters. The molecule has 4 nitrogen and oxygen atoms in total. The Kier molecular flexibility index (Phi) is 2.47. The van der Waals surface area contributed by atoms with E-state index in [-0.39, 0.29) is 29.6 Å². The van der Waals surface area contributed by atoms with Gasteiger partial charge in [-0.15, -0.1) is 12.4 Å². The van der Waals surface area contributed by atoms with Crippen LogP contribution in [0.25, 0.3) is 0 Å². The SMILES string of the molecule is CC1(C)NC(=O)OC12CCNC2.Cl. The molecular formula is C8H15ClN2O2. The van der Waals surface area contributed by atoms with Gasteiger partial charge in [0.05, 0.1) is 5.54 Å². The zero-order chi connectivity index (χ0) is 8.82. The molecule has 0 aliphatic carbocycles. The van der Waals surface area contributed by atoms with Crippen LogP contribution in [0.15, 0.2) is 0 Å². The number of ether oxygens (including phenoxy) is 1. The smallest absolute Gasteiger partial charge is 0.408 e. The van der Waals surface area contributed by atoms with Gasteiger partial charge in [0, 0.05) is 13.0 Å². The number of nitrogens with one attached hydrogen (secondary N) is 2. The number of carbonyl (C=O) groups is 1. The maximum Gasteiger partial charge on any atom is 0.408 e. The van der Waals surface area contributed by atoms with Crippen LogP contribution in [0, 0.1) is 0 Å². The molecule has 1 atom stereocenters. The zero-order valence-corrected chi connectivity index (χ0v) is 8.66.